The lowest BCUT2D eigenvalue weighted by Crippen LogP contribution is -2.28. The fourth-order valence-electron chi connectivity index (χ4n) is 2.58. The first kappa shape index (κ1) is 15.1. The molecule has 1 aromatic heterocycles. The Labute approximate surface area is 134 Å². The second-order valence-electron chi connectivity index (χ2n) is 5.20. The van der Waals surface area contributed by atoms with Crippen molar-refractivity contribution in [2.24, 2.45) is 0 Å². The lowest BCUT2D eigenvalue weighted by atomic mass is 10.1. The van der Waals surface area contributed by atoms with Crippen LogP contribution in [0.3, 0.4) is 0 Å². The maximum atomic E-state index is 12.1. The van der Waals surface area contributed by atoms with E-state index in [1.165, 1.54) is 0 Å². The molecule has 0 aliphatic heterocycles. The lowest BCUT2D eigenvalue weighted by molar-refractivity contribution is 0.0916. The Morgan fingerprint density at radius 2 is 1.87 bits per heavy atom. The highest BCUT2D eigenvalue weighted by molar-refractivity contribution is 5.94. The van der Waals surface area contributed by atoms with Crippen LogP contribution >= 0.6 is 0 Å². The van der Waals surface area contributed by atoms with Crippen LogP contribution in [0.4, 0.5) is 0 Å². The van der Waals surface area contributed by atoms with Gasteiger partial charge < -0.3 is 15.3 Å². The summed E-state index contributed by atoms with van der Waals surface area (Å²) >= 11 is 0. The smallest absolute Gasteiger partial charge is 0.251 e. The molecule has 0 bridgehead atoms. The van der Waals surface area contributed by atoms with Crippen LogP contribution < -0.4 is 10.2 Å². The van der Waals surface area contributed by atoms with Gasteiger partial charge in [-0.1, -0.05) is 36.4 Å². The number of para-hydroxylation sites is 1. The molecule has 1 amide bonds. The molecule has 1 heterocycles. The summed E-state index contributed by atoms with van der Waals surface area (Å²) in [6, 6.07) is 16.6. The maximum absolute atomic E-state index is 12.1. The largest absolute Gasteiger partial charge is 0.417 e. The summed E-state index contributed by atoms with van der Waals surface area (Å²) in [5.74, 6) is -0.208. The van der Waals surface area contributed by atoms with E-state index in [4.69, 9.17) is 4.84 Å². The third-order valence-electron chi connectivity index (χ3n) is 3.76. The summed E-state index contributed by atoms with van der Waals surface area (Å²) in [5.41, 5.74) is 2.16. The summed E-state index contributed by atoms with van der Waals surface area (Å²) in [7, 11) is 1.57. The van der Waals surface area contributed by atoms with Crippen LogP contribution in [0.2, 0.25) is 0 Å². The minimum absolute atomic E-state index is 0.130. The van der Waals surface area contributed by atoms with Gasteiger partial charge in [0.25, 0.3) is 5.91 Å². The van der Waals surface area contributed by atoms with E-state index in [0.29, 0.717) is 5.56 Å². The molecule has 2 aromatic carbocycles. The molecular formula is C18H18N2O3. The maximum Gasteiger partial charge on any atom is 0.251 e. The van der Waals surface area contributed by atoms with Crippen molar-refractivity contribution in [1.29, 1.82) is 0 Å². The van der Waals surface area contributed by atoms with Crippen LogP contribution in [0.25, 0.3) is 10.9 Å². The van der Waals surface area contributed by atoms with Crippen LogP contribution in [-0.2, 0) is 0 Å². The van der Waals surface area contributed by atoms with Gasteiger partial charge >= 0.3 is 0 Å². The topological polar surface area (TPSA) is 63.5 Å². The molecule has 2 N–H and O–H groups in total. The van der Waals surface area contributed by atoms with Crippen molar-refractivity contribution in [2.45, 2.75) is 6.10 Å². The Bertz CT molecular complexity index is 812. The minimum atomic E-state index is -0.816. The van der Waals surface area contributed by atoms with Crippen LogP contribution in [0.5, 0.6) is 0 Å². The molecule has 0 aliphatic rings. The van der Waals surface area contributed by atoms with Crippen molar-refractivity contribution in [3.8, 4) is 0 Å². The third kappa shape index (κ3) is 3.05. The fraction of sp³-hybridized carbons (Fsp3) is 0.167. The van der Waals surface area contributed by atoms with Crippen molar-refractivity contribution < 1.29 is 14.7 Å². The normalized spacial score (nSPS) is 12.1. The quantitative estimate of drug-likeness (QED) is 0.759. The van der Waals surface area contributed by atoms with Crippen LogP contribution in [0.1, 0.15) is 22.0 Å². The number of nitrogens with zero attached hydrogens (tertiary/aromatic N) is 1. The van der Waals surface area contributed by atoms with Gasteiger partial charge in [-0.05, 0) is 18.2 Å². The zero-order valence-corrected chi connectivity index (χ0v) is 12.8. The third-order valence-corrected chi connectivity index (χ3v) is 3.76. The second kappa shape index (κ2) is 6.54. The fourth-order valence-corrected chi connectivity index (χ4v) is 2.58. The molecule has 3 rings (SSSR count). The first-order valence-corrected chi connectivity index (χ1v) is 7.36. The van der Waals surface area contributed by atoms with Crippen molar-refractivity contribution >= 4 is 16.8 Å². The molecule has 0 spiro atoms. The summed E-state index contributed by atoms with van der Waals surface area (Å²) in [5, 5.41) is 14.1. The van der Waals surface area contributed by atoms with Gasteiger partial charge in [0.15, 0.2) is 0 Å². The van der Waals surface area contributed by atoms with E-state index in [-0.39, 0.29) is 12.5 Å². The number of nitrogens with one attached hydrogen (secondary N) is 1. The summed E-state index contributed by atoms with van der Waals surface area (Å²) in [6.07, 6.45) is 0.924. The Balaban J connectivity index is 1.76. The van der Waals surface area contributed by atoms with E-state index in [0.717, 1.165) is 16.5 Å². The number of rotatable bonds is 5. The molecule has 5 nitrogen and oxygen atoms in total. The van der Waals surface area contributed by atoms with E-state index >= 15 is 0 Å². The van der Waals surface area contributed by atoms with Crippen molar-refractivity contribution in [3.05, 3.63) is 71.9 Å². The number of amides is 1. The van der Waals surface area contributed by atoms with E-state index in [2.05, 4.69) is 5.32 Å². The monoisotopic (exact) mass is 310 g/mol. The number of aliphatic hydroxyl groups excluding tert-OH is 1. The van der Waals surface area contributed by atoms with Crippen LogP contribution in [0, 0.1) is 0 Å². The standard InChI is InChI=1S/C18H18N2O3/c1-23-20-12-15(14-9-5-6-10-16(14)20)17(21)11-19-18(22)13-7-3-2-4-8-13/h2-10,12,17,21H,11H2,1H3,(H,19,22). The molecule has 23 heavy (non-hydrogen) atoms. The first-order valence-electron chi connectivity index (χ1n) is 7.36. The predicted molar refractivity (Wildman–Crippen MR) is 88.2 cm³/mol. The van der Waals surface area contributed by atoms with Gasteiger partial charge in [-0.25, -0.2) is 0 Å². The van der Waals surface area contributed by atoms with Crippen molar-refractivity contribution in [1.82, 2.24) is 10.0 Å². The average molecular weight is 310 g/mol. The molecule has 3 aromatic rings. The number of carbonyl (C=O) groups is 1. The van der Waals surface area contributed by atoms with E-state index < -0.39 is 6.10 Å². The number of hydrogen-bond donors (Lipinski definition) is 2. The SMILES string of the molecule is COn1cc(C(O)CNC(=O)c2ccccc2)c2ccccc21. The predicted octanol–water partition coefficient (Wildman–Crippen LogP) is 2.16. The Morgan fingerprint density at radius 1 is 1.17 bits per heavy atom. The Hall–Kier alpha value is -2.79. The van der Waals surface area contributed by atoms with Gasteiger partial charge in [0.1, 0.15) is 7.11 Å². The molecule has 118 valence electrons. The van der Waals surface area contributed by atoms with E-state index in [1.54, 1.807) is 42.3 Å². The molecule has 0 saturated heterocycles. The summed E-state index contributed by atoms with van der Waals surface area (Å²) in [6.45, 7) is 0.130. The van der Waals surface area contributed by atoms with E-state index in [9.17, 15) is 9.90 Å². The van der Waals surface area contributed by atoms with Gasteiger partial charge in [-0.3, -0.25) is 4.79 Å². The molecule has 5 heteroatoms. The molecular weight excluding hydrogens is 292 g/mol. The number of fused-ring (bicyclic) bond motifs is 1. The molecule has 1 atom stereocenters. The van der Waals surface area contributed by atoms with Crippen molar-refractivity contribution in [3.63, 3.8) is 0 Å². The number of aliphatic hydroxyl groups is 1. The Morgan fingerprint density at radius 3 is 2.61 bits per heavy atom. The highest BCUT2D eigenvalue weighted by Gasteiger charge is 2.17. The minimum Gasteiger partial charge on any atom is -0.417 e. The zero-order chi connectivity index (χ0) is 16.2. The van der Waals surface area contributed by atoms with Gasteiger partial charge in [-0.15, -0.1) is 0 Å². The number of carbonyl (C=O) groups excluding carboxylic acids is 1. The van der Waals surface area contributed by atoms with Gasteiger partial charge in [0.2, 0.25) is 0 Å². The number of aromatic nitrogens is 1. The Kier molecular flexibility index (Phi) is 4.30. The van der Waals surface area contributed by atoms with Gasteiger partial charge in [0, 0.05) is 23.1 Å². The van der Waals surface area contributed by atoms with Gasteiger partial charge in [-0.2, -0.15) is 4.73 Å². The highest BCUT2D eigenvalue weighted by atomic mass is 16.6. The van der Waals surface area contributed by atoms with Crippen molar-refractivity contribution in [2.75, 3.05) is 13.7 Å². The van der Waals surface area contributed by atoms with E-state index in [1.807, 2.05) is 30.3 Å². The molecule has 0 saturated carbocycles. The second-order valence-corrected chi connectivity index (χ2v) is 5.20. The summed E-state index contributed by atoms with van der Waals surface area (Å²) < 4.78 is 1.60. The molecule has 0 fully saturated rings. The van der Waals surface area contributed by atoms with Gasteiger partial charge in [0.05, 0.1) is 17.8 Å². The zero-order valence-electron chi connectivity index (χ0n) is 12.8. The number of hydrogen-bond acceptors (Lipinski definition) is 3. The average Bonchev–Trinajstić information content (AvgIpc) is 2.99. The molecule has 1 unspecified atom stereocenters. The summed E-state index contributed by atoms with van der Waals surface area (Å²) in [4.78, 5) is 17.3. The molecule has 0 radical (unpaired) electrons. The lowest BCUT2D eigenvalue weighted by Gasteiger charge is -2.11. The number of benzene rings is 2. The van der Waals surface area contributed by atoms with Crippen LogP contribution in [0.15, 0.2) is 60.8 Å². The first-order chi connectivity index (χ1) is 11.2. The highest BCUT2D eigenvalue weighted by Crippen LogP contribution is 2.25. The molecule has 0 aliphatic carbocycles. The van der Waals surface area contributed by atoms with Crippen LogP contribution in [-0.4, -0.2) is 29.4 Å².